The Bertz CT molecular complexity index is 460. The Morgan fingerprint density at radius 1 is 1.28 bits per heavy atom. The zero-order valence-corrected chi connectivity index (χ0v) is 11.1. The first-order valence-corrected chi connectivity index (χ1v) is 7.13. The van der Waals surface area contributed by atoms with E-state index < -0.39 is 0 Å². The van der Waals surface area contributed by atoms with Crippen molar-refractivity contribution in [2.24, 2.45) is 11.8 Å². The fraction of sp³-hybridized carbons (Fsp3) is 0.533. The van der Waals surface area contributed by atoms with Crippen LogP contribution in [-0.4, -0.2) is 11.9 Å². The van der Waals surface area contributed by atoms with Crippen molar-refractivity contribution in [3.63, 3.8) is 0 Å². The van der Waals surface area contributed by atoms with E-state index in [9.17, 15) is 4.79 Å². The van der Waals surface area contributed by atoms with Crippen molar-refractivity contribution in [1.82, 2.24) is 5.32 Å². The van der Waals surface area contributed by atoms with Crippen molar-refractivity contribution in [3.8, 4) is 0 Å². The van der Waals surface area contributed by atoms with Gasteiger partial charge in [0.15, 0.2) is 0 Å². The quantitative estimate of drug-likeness (QED) is 0.892. The number of carbonyl (C=O) groups excluding carboxylic acids is 1. The summed E-state index contributed by atoms with van der Waals surface area (Å²) in [6.07, 6.45) is 5.55. The molecule has 3 heteroatoms. The molecule has 0 heterocycles. The van der Waals surface area contributed by atoms with Gasteiger partial charge < -0.3 is 5.32 Å². The summed E-state index contributed by atoms with van der Waals surface area (Å²) in [5, 5.41) is 3.87. The third-order valence-electron chi connectivity index (χ3n) is 4.39. The van der Waals surface area contributed by atoms with Gasteiger partial charge in [0, 0.05) is 11.1 Å². The molecule has 3 rings (SSSR count). The smallest absolute Gasteiger partial charge is 0.224 e. The Hall–Kier alpha value is -1.02. The largest absolute Gasteiger partial charge is 0.353 e. The molecule has 2 aliphatic carbocycles. The molecule has 2 saturated carbocycles. The molecule has 2 nitrogen and oxygen atoms in total. The van der Waals surface area contributed by atoms with E-state index in [-0.39, 0.29) is 5.91 Å². The number of hydrogen-bond donors (Lipinski definition) is 1. The highest BCUT2D eigenvalue weighted by Crippen LogP contribution is 2.44. The Kier molecular flexibility index (Phi) is 3.29. The lowest BCUT2D eigenvalue weighted by atomic mass is 9.95. The van der Waals surface area contributed by atoms with Gasteiger partial charge in [0.25, 0.3) is 0 Å². The Morgan fingerprint density at radius 2 is 2.11 bits per heavy atom. The molecule has 0 radical (unpaired) electrons. The maximum atomic E-state index is 12.0. The fourth-order valence-electron chi connectivity index (χ4n) is 3.49. The van der Waals surface area contributed by atoms with Gasteiger partial charge in [0.1, 0.15) is 0 Å². The summed E-state index contributed by atoms with van der Waals surface area (Å²) in [4.78, 5) is 12.0. The second-order valence-corrected chi connectivity index (χ2v) is 6.02. The average Bonchev–Trinajstić information content (AvgIpc) is 2.94. The highest BCUT2D eigenvalue weighted by molar-refractivity contribution is 6.31. The summed E-state index contributed by atoms with van der Waals surface area (Å²) in [6.45, 7) is 0. The van der Waals surface area contributed by atoms with Gasteiger partial charge in [-0.2, -0.15) is 0 Å². The summed E-state index contributed by atoms with van der Waals surface area (Å²) in [7, 11) is 0. The molecule has 1 N–H and O–H groups in total. The molecule has 0 aromatic heterocycles. The molecular weight excluding hydrogens is 246 g/mol. The first kappa shape index (κ1) is 12.0. The monoisotopic (exact) mass is 263 g/mol. The lowest BCUT2D eigenvalue weighted by Crippen LogP contribution is -2.39. The first-order valence-electron chi connectivity index (χ1n) is 6.75. The van der Waals surface area contributed by atoms with Crippen molar-refractivity contribution in [1.29, 1.82) is 0 Å². The SMILES string of the molecule is O=C(Cc1ccccc1Cl)N[C@@H]1C[C@@H]2CC[C@@H]1C2. The van der Waals surface area contributed by atoms with E-state index in [1.54, 1.807) is 0 Å². The van der Waals surface area contributed by atoms with Gasteiger partial charge in [-0.05, 0) is 42.7 Å². The molecule has 1 aromatic rings. The summed E-state index contributed by atoms with van der Waals surface area (Å²) in [5.41, 5.74) is 0.917. The van der Waals surface area contributed by atoms with E-state index in [0.717, 1.165) is 17.4 Å². The summed E-state index contributed by atoms with van der Waals surface area (Å²) >= 11 is 6.07. The number of nitrogens with one attached hydrogen (secondary N) is 1. The van der Waals surface area contributed by atoms with Crippen LogP contribution in [0.4, 0.5) is 0 Å². The van der Waals surface area contributed by atoms with Crippen molar-refractivity contribution >= 4 is 17.5 Å². The fourth-order valence-corrected chi connectivity index (χ4v) is 3.70. The highest BCUT2D eigenvalue weighted by Gasteiger charge is 2.39. The number of halogens is 1. The van der Waals surface area contributed by atoms with E-state index in [1.807, 2.05) is 24.3 Å². The summed E-state index contributed by atoms with van der Waals surface area (Å²) in [6, 6.07) is 7.98. The van der Waals surface area contributed by atoms with Crippen molar-refractivity contribution in [2.75, 3.05) is 0 Å². The predicted octanol–water partition coefficient (Wildman–Crippen LogP) is 3.19. The highest BCUT2D eigenvalue weighted by atomic mass is 35.5. The van der Waals surface area contributed by atoms with Crippen LogP contribution in [0.25, 0.3) is 0 Å². The van der Waals surface area contributed by atoms with Crippen LogP contribution < -0.4 is 5.32 Å². The second kappa shape index (κ2) is 4.93. The van der Waals surface area contributed by atoms with Crippen molar-refractivity contribution in [3.05, 3.63) is 34.9 Å². The van der Waals surface area contributed by atoms with Crippen LogP contribution >= 0.6 is 11.6 Å². The molecule has 0 saturated heterocycles. The second-order valence-electron chi connectivity index (χ2n) is 5.62. The third kappa shape index (κ3) is 2.39. The molecule has 2 aliphatic rings. The Morgan fingerprint density at radius 3 is 2.78 bits per heavy atom. The van der Waals surface area contributed by atoms with E-state index in [4.69, 9.17) is 11.6 Å². The van der Waals surface area contributed by atoms with Crippen molar-refractivity contribution < 1.29 is 4.79 Å². The van der Waals surface area contributed by atoms with Crippen molar-refractivity contribution in [2.45, 2.75) is 38.1 Å². The molecular formula is C15H18ClNO. The molecule has 2 bridgehead atoms. The van der Waals surface area contributed by atoms with Gasteiger partial charge in [-0.25, -0.2) is 0 Å². The predicted molar refractivity (Wildman–Crippen MR) is 72.5 cm³/mol. The van der Waals surface area contributed by atoms with Gasteiger partial charge in [-0.15, -0.1) is 0 Å². The third-order valence-corrected chi connectivity index (χ3v) is 4.76. The van der Waals surface area contributed by atoms with Crippen LogP contribution in [0.15, 0.2) is 24.3 Å². The Labute approximate surface area is 113 Å². The van der Waals surface area contributed by atoms with E-state index in [0.29, 0.717) is 17.5 Å². The molecule has 1 amide bonds. The molecule has 2 fully saturated rings. The maximum absolute atomic E-state index is 12.0. The topological polar surface area (TPSA) is 29.1 Å². The zero-order valence-electron chi connectivity index (χ0n) is 10.4. The molecule has 0 spiro atoms. The normalized spacial score (nSPS) is 29.5. The maximum Gasteiger partial charge on any atom is 0.224 e. The minimum absolute atomic E-state index is 0.112. The minimum atomic E-state index is 0.112. The van der Waals surface area contributed by atoms with E-state index >= 15 is 0 Å². The zero-order chi connectivity index (χ0) is 12.5. The van der Waals surface area contributed by atoms with Gasteiger partial charge in [-0.1, -0.05) is 36.2 Å². The van der Waals surface area contributed by atoms with E-state index in [2.05, 4.69) is 5.32 Å². The lowest BCUT2D eigenvalue weighted by molar-refractivity contribution is -0.121. The number of amides is 1. The molecule has 1 aromatic carbocycles. The number of rotatable bonds is 3. The van der Waals surface area contributed by atoms with Crippen LogP contribution in [0.1, 0.15) is 31.2 Å². The number of carbonyl (C=O) groups is 1. The molecule has 3 atom stereocenters. The van der Waals surface area contributed by atoms with Crippen LogP contribution in [0.5, 0.6) is 0 Å². The molecule has 18 heavy (non-hydrogen) atoms. The van der Waals surface area contributed by atoms with Gasteiger partial charge in [0.2, 0.25) is 5.91 Å². The van der Waals surface area contributed by atoms with Gasteiger partial charge in [-0.3, -0.25) is 4.79 Å². The number of hydrogen-bond acceptors (Lipinski definition) is 1. The van der Waals surface area contributed by atoms with Gasteiger partial charge in [0.05, 0.1) is 6.42 Å². The average molecular weight is 264 g/mol. The van der Waals surface area contributed by atoms with Gasteiger partial charge >= 0.3 is 0 Å². The van der Waals surface area contributed by atoms with Crippen LogP contribution in [0.3, 0.4) is 0 Å². The first-order chi connectivity index (χ1) is 8.72. The molecule has 0 unspecified atom stereocenters. The van der Waals surface area contributed by atoms with E-state index in [1.165, 1.54) is 25.7 Å². The van der Waals surface area contributed by atoms with Crippen LogP contribution in [-0.2, 0) is 11.2 Å². The standard InChI is InChI=1S/C15H18ClNO/c16-13-4-2-1-3-11(13)9-15(18)17-14-8-10-5-6-12(14)7-10/h1-4,10,12,14H,5-9H2,(H,17,18)/t10-,12-,14-/m1/s1. The minimum Gasteiger partial charge on any atom is -0.353 e. The lowest BCUT2D eigenvalue weighted by Gasteiger charge is -2.23. The number of benzene rings is 1. The Balaban J connectivity index is 1.58. The van der Waals surface area contributed by atoms with Crippen LogP contribution in [0.2, 0.25) is 5.02 Å². The molecule has 0 aliphatic heterocycles. The molecule has 96 valence electrons. The van der Waals surface area contributed by atoms with Crippen LogP contribution in [0, 0.1) is 11.8 Å². The number of fused-ring (bicyclic) bond motifs is 2. The summed E-state index contributed by atoms with van der Waals surface area (Å²) < 4.78 is 0. The summed E-state index contributed by atoms with van der Waals surface area (Å²) in [5.74, 6) is 1.70.